The van der Waals surface area contributed by atoms with Gasteiger partial charge in [-0.3, -0.25) is 4.98 Å². The van der Waals surface area contributed by atoms with Crippen molar-refractivity contribution in [2.45, 2.75) is 25.8 Å². The summed E-state index contributed by atoms with van der Waals surface area (Å²) in [6, 6.07) is 11.1. The maximum absolute atomic E-state index is 4.45. The topological polar surface area (TPSA) is 24.9 Å². The smallest absolute Gasteiger partial charge is 0.0703 e. The van der Waals surface area contributed by atoms with Crippen molar-refractivity contribution in [1.29, 1.82) is 0 Å². The molecule has 82 valence electrons. The molecular weight excluding hydrogens is 196 g/mol. The van der Waals surface area contributed by atoms with E-state index in [1.54, 1.807) is 0 Å². The lowest BCUT2D eigenvalue weighted by molar-refractivity contribution is 0.309. The molecule has 1 heterocycles. The Morgan fingerprint density at radius 2 is 2.06 bits per heavy atom. The summed E-state index contributed by atoms with van der Waals surface area (Å²) in [5.74, 6) is 0.880. The van der Waals surface area contributed by atoms with Crippen LogP contribution in [0.2, 0.25) is 0 Å². The summed E-state index contributed by atoms with van der Waals surface area (Å²) < 4.78 is 0. The van der Waals surface area contributed by atoms with E-state index >= 15 is 0 Å². The number of hydrogen-bond donors (Lipinski definition) is 1. The predicted octanol–water partition coefficient (Wildman–Crippen LogP) is 3.45. The highest BCUT2D eigenvalue weighted by molar-refractivity contribution is 5.81. The van der Waals surface area contributed by atoms with Crippen molar-refractivity contribution in [3.8, 4) is 0 Å². The molecule has 1 N–H and O–H groups in total. The molecular formula is C14H16N2. The second kappa shape index (κ2) is 3.78. The largest absolute Gasteiger partial charge is 0.381 e. The Hall–Kier alpha value is -1.57. The maximum Gasteiger partial charge on any atom is 0.0703 e. The van der Waals surface area contributed by atoms with Crippen LogP contribution < -0.4 is 5.32 Å². The number of nitrogens with zero attached hydrogens (tertiary/aromatic N) is 1. The number of fused-ring (bicyclic) bond motifs is 1. The van der Waals surface area contributed by atoms with Gasteiger partial charge in [0.05, 0.1) is 17.4 Å². The molecule has 1 fully saturated rings. The van der Waals surface area contributed by atoms with Crippen LogP contribution in [0.5, 0.6) is 0 Å². The molecule has 2 nitrogen and oxygen atoms in total. The van der Waals surface area contributed by atoms with E-state index in [2.05, 4.69) is 35.4 Å². The first-order chi connectivity index (χ1) is 7.81. The number of anilines is 1. The molecule has 3 rings (SSSR count). The summed E-state index contributed by atoms with van der Waals surface area (Å²) in [5, 5.41) is 4.75. The number of rotatable bonds is 2. The van der Waals surface area contributed by atoms with Crippen LogP contribution >= 0.6 is 0 Å². The minimum Gasteiger partial charge on any atom is -0.381 e. The van der Waals surface area contributed by atoms with Crippen LogP contribution in [0, 0.1) is 5.92 Å². The summed E-state index contributed by atoms with van der Waals surface area (Å²) in [5.41, 5.74) is 2.21. The van der Waals surface area contributed by atoms with Gasteiger partial charge < -0.3 is 5.32 Å². The molecule has 16 heavy (non-hydrogen) atoms. The summed E-state index contributed by atoms with van der Waals surface area (Å²) >= 11 is 0. The van der Waals surface area contributed by atoms with E-state index < -0.39 is 0 Å². The van der Waals surface area contributed by atoms with Crippen LogP contribution in [-0.2, 0) is 0 Å². The molecule has 0 atom stereocenters. The molecule has 0 amide bonds. The van der Waals surface area contributed by atoms with Crippen molar-refractivity contribution in [1.82, 2.24) is 4.98 Å². The van der Waals surface area contributed by atoms with Crippen molar-refractivity contribution < 1.29 is 0 Å². The van der Waals surface area contributed by atoms with E-state index in [4.69, 9.17) is 0 Å². The van der Waals surface area contributed by atoms with Gasteiger partial charge in [-0.05, 0) is 30.9 Å². The van der Waals surface area contributed by atoms with Crippen molar-refractivity contribution in [3.05, 3.63) is 36.5 Å². The first-order valence-corrected chi connectivity index (χ1v) is 5.92. The summed E-state index contributed by atoms with van der Waals surface area (Å²) in [4.78, 5) is 4.45. The van der Waals surface area contributed by atoms with E-state index in [1.165, 1.54) is 18.2 Å². The van der Waals surface area contributed by atoms with Gasteiger partial charge >= 0.3 is 0 Å². The quantitative estimate of drug-likeness (QED) is 0.824. The van der Waals surface area contributed by atoms with E-state index in [9.17, 15) is 0 Å². The SMILES string of the molecule is CC1CC(Nc2cnc3ccccc3c2)C1. The average Bonchev–Trinajstić information content (AvgIpc) is 2.27. The lowest BCUT2D eigenvalue weighted by atomic mass is 9.82. The van der Waals surface area contributed by atoms with Crippen LogP contribution in [0.25, 0.3) is 10.9 Å². The Balaban J connectivity index is 1.82. The van der Waals surface area contributed by atoms with Gasteiger partial charge in [0.2, 0.25) is 0 Å². The zero-order valence-electron chi connectivity index (χ0n) is 9.48. The van der Waals surface area contributed by atoms with Gasteiger partial charge in [0.1, 0.15) is 0 Å². The van der Waals surface area contributed by atoms with Crippen molar-refractivity contribution >= 4 is 16.6 Å². The highest BCUT2D eigenvalue weighted by Gasteiger charge is 2.24. The van der Waals surface area contributed by atoms with Gasteiger partial charge in [0.15, 0.2) is 0 Å². The normalized spacial score (nSPS) is 24.1. The minimum absolute atomic E-state index is 0.651. The Morgan fingerprint density at radius 1 is 1.25 bits per heavy atom. The third-order valence-corrected chi connectivity index (χ3v) is 3.34. The number of para-hydroxylation sites is 1. The fourth-order valence-electron chi connectivity index (χ4n) is 2.41. The fourth-order valence-corrected chi connectivity index (χ4v) is 2.41. The van der Waals surface area contributed by atoms with Crippen LogP contribution in [-0.4, -0.2) is 11.0 Å². The molecule has 0 aliphatic heterocycles. The standard InChI is InChI=1S/C14H16N2/c1-10-6-12(7-10)16-13-8-11-4-2-3-5-14(11)15-9-13/h2-5,8-10,12,16H,6-7H2,1H3. The van der Waals surface area contributed by atoms with Gasteiger partial charge in [-0.15, -0.1) is 0 Å². The summed E-state index contributed by atoms with van der Waals surface area (Å²) in [7, 11) is 0. The van der Waals surface area contributed by atoms with E-state index in [1.807, 2.05) is 18.3 Å². The van der Waals surface area contributed by atoms with Crippen LogP contribution in [0.15, 0.2) is 36.5 Å². The van der Waals surface area contributed by atoms with E-state index in [0.29, 0.717) is 6.04 Å². The number of nitrogens with one attached hydrogen (secondary N) is 1. The van der Waals surface area contributed by atoms with Gasteiger partial charge in [-0.1, -0.05) is 25.1 Å². The highest BCUT2D eigenvalue weighted by atomic mass is 14.9. The number of pyridine rings is 1. The maximum atomic E-state index is 4.45. The fraction of sp³-hybridized carbons (Fsp3) is 0.357. The van der Waals surface area contributed by atoms with Crippen LogP contribution in [0.3, 0.4) is 0 Å². The van der Waals surface area contributed by atoms with E-state index in [-0.39, 0.29) is 0 Å². The zero-order chi connectivity index (χ0) is 11.0. The average molecular weight is 212 g/mol. The number of hydrogen-bond acceptors (Lipinski definition) is 2. The molecule has 2 aromatic rings. The summed E-state index contributed by atoms with van der Waals surface area (Å²) in [6.07, 6.45) is 4.50. The van der Waals surface area contributed by atoms with Gasteiger partial charge in [0, 0.05) is 11.4 Å². The number of aromatic nitrogens is 1. The first kappa shape index (κ1) is 9.64. The molecule has 1 aliphatic carbocycles. The Morgan fingerprint density at radius 3 is 2.88 bits per heavy atom. The predicted molar refractivity (Wildman–Crippen MR) is 67.6 cm³/mol. The van der Waals surface area contributed by atoms with Crippen molar-refractivity contribution in [2.75, 3.05) is 5.32 Å². The Kier molecular flexibility index (Phi) is 2.28. The molecule has 0 radical (unpaired) electrons. The minimum atomic E-state index is 0.651. The number of benzene rings is 1. The lowest BCUT2D eigenvalue weighted by Gasteiger charge is -2.34. The second-order valence-corrected chi connectivity index (χ2v) is 4.83. The molecule has 1 saturated carbocycles. The molecule has 2 heteroatoms. The van der Waals surface area contributed by atoms with Crippen molar-refractivity contribution in [3.63, 3.8) is 0 Å². The molecule has 0 bridgehead atoms. The molecule has 1 aromatic carbocycles. The third-order valence-electron chi connectivity index (χ3n) is 3.34. The molecule has 0 unspecified atom stereocenters. The highest BCUT2D eigenvalue weighted by Crippen LogP contribution is 2.29. The van der Waals surface area contributed by atoms with Gasteiger partial charge in [0.25, 0.3) is 0 Å². The van der Waals surface area contributed by atoms with Gasteiger partial charge in [-0.25, -0.2) is 0 Å². The molecule has 0 spiro atoms. The lowest BCUT2D eigenvalue weighted by Crippen LogP contribution is -2.33. The zero-order valence-corrected chi connectivity index (χ0v) is 9.48. The van der Waals surface area contributed by atoms with Crippen LogP contribution in [0.1, 0.15) is 19.8 Å². The first-order valence-electron chi connectivity index (χ1n) is 5.92. The Labute approximate surface area is 95.7 Å². The Bertz CT molecular complexity index is 501. The molecule has 1 aromatic heterocycles. The summed E-state index contributed by atoms with van der Waals surface area (Å²) in [6.45, 7) is 2.30. The van der Waals surface area contributed by atoms with E-state index in [0.717, 1.165) is 17.1 Å². The third kappa shape index (κ3) is 1.75. The van der Waals surface area contributed by atoms with Gasteiger partial charge in [-0.2, -0.15) is 0 Å². The second-order valence-electron chi connectivity index (χ2n) is 4.83. The molecule has 1 aliphatic rings. The monoisotopic (exact) mass is 212 g/mol. The van der Waals surface area contributed by atoms with Crippen LogP contribution in [0.4, 0.5) is 5.69 Å². The van der Waals surface area contributed by atoms with Crippen molar-refractivity contribution in [2.24, 2.45) is 5.92 Å². The molecule has 0 saturated heterocycles.